The Balaban J connectivity index is 1.26. The molecule has 0 aromatic heterocycles. The number of hydrogen-bond donors (Lipinski definition) is 1. The van der Waals surface area contributed by atoms with Crippen LogP contribution in [-0.2, 0) is 14.4 Å². The van der Waals surface area contributed by atoms with Crippen LogP contribution >= 0.6 is 0 Å². The lowest BCUT2D eigenvalue weighted by Gasteiger charge is -2.17. The van der Waals surface area contributed by atoms with Crippen molar-refractivity contribution in [3.05, 3.63) is 54.6 Å². The number of hydrogen-bond acceptors (Lipinski definition) is 3. The lowest BCUT2D eigenvalue weighted by atomic mass is 9.85. The fourth-order valence-electron chi connectivity index (χ4n) is 4.94. The summed E-state index contributed by atoms with van der Waals surface area (Å²) in [5, 5.41) is 4.94. The maximum absolute atomic E-state index is 12.7. The van der Waals surface area contributed by atoms with Crippen molar-refractivity contribution >= 4 is 34.2 Å². The Kier molecular flexibility index (Phi) is 3.64. The van der Waals surface area contributed by atoms with Gasteiger partial charge in [-0.25, -0.2) is 0 Å². The van der Waals surface area contributed by atoms with Crippen LogP contribution in [0, 0.1) is 23.7 Å². The molecule has 2 bridgehead atoms. The van der Waals surface area contributed by atoms with Gasteiger partial charge in [0.05, 0.1) is 11.8 Å². The number of allylic oxidation sites excluding steroid dienone is 2. The molecule has 2 aromatic rings. The highest BCUT2D eigenvalue weighted by atomic mass is 16.2. The van der Waals surface area contributed by atoms with Gasteiger partial charge in [-0.3, -0.25) is 19.3 Å². The van der Waals surface area contributed by atoms with E-state index in [1.165, 1.54) is 4.90 Å². The Labute approximate surface area is 157 Å². The largest absolute Gasteiger partial charge is 0.325 e. The van der Waals surface area contributed by atoms with Gasteiger partial charge in [0.15, 0.2) is 0 Å². The molecule has 5 nitrogen and oxygen atoms in total. The molecule has 5 heteroatoms. The first-order valence-corrected chi connectivity index (χ1v) is 9.44. The maximum Gasteiger partial charge on any atom is 0.233 e. The van der Waals surface area contributed by atoms with Crippen LogP contribution in [0.25, 0.3) is 10.8 Å². The minimum atomic E-state index is -0.200. The van der Waals surface area contributed by atoms with Gasteiger partial charge in [-0.05, 0) is 29.7 Å². The Morgan fingerprint density at radius 3 is 2.37 bits per heavy atom. The van der Waals surface area contributed by atoms with E-state index in [0.717, 1.165) is 22.9 Å². The third-order valence-electron chi connectivity index (χ3n) is 6.19. The minimum absolute atomic E-state index is 0.0974. The monoisotopic (exact) mass is 360 g/mol. The van der Waals surface area contributed by atoms with E-state index in [9.17, 15) is 14.4 Å². The zero-order valence-electron chi connectivity index (χ0n) is 14.8. The van der Waals surface area contributed by atoms with Crippen LogP contribution in [-0.4, -0.2) is 29.2 Å². The molecule has 2 aromatic carbocycles. The summed E-state index contributed by atoms with van der Waals surface area (Å²) in [5.74, 6) is -0.385. The Morgan fingerprint density at radius 2 is 1.63 bits per heavy atom. The summed E-state index contributed by atoms with van der Waals surface area (Å²) >= 11 is 0. The molecule has 3 amide bonds. The first-order valence-electron chi connectivity index (χ1n) is 9.44. The van der Waals surface area contributed by atoms with E-state index >= 15 is 0 Å². The van der Waals surface area contributed by atoms with E-state index < -0.39 is 0 Å². The number of rotatable bonds is 4. The molecule has 136 valence electrons. The molecular weight excluding hydrogens is 340 g/mol. The third kappa shape index (κ3) is 2.49. The fourth-order valence-corrected chi connectivity index (χ4v) is 4.94. The Morgan fingerprint density at radius 1 is 0.963 bits per heavy atom. The average molecular weight is 360 g/mol. The van der Waals surface area contributed by atoms with E-state index in [1.54, 1.807) is 0 Å². The van der Waals surface area contributed by atoms with Crippen LogP contribution in [0.4, 0.5) is 5.69 Å². The van der Waals surface area contributed by atoms with Crippen molar-refractivity contribution in [2.75, 3.05) is 11.9 Å². The molecule has 0 unspecified atom stereocenters. The molecule has 1 saturated carbocycles. The number of carbonyl (C=O) groups is 3. The number of fused-ring (bicyclic) bond motifs is 6. The van der Waals surface area contributed by atoms with Gasteiger partial charge in [0.1, 0.15) is 0 Å². The van der Waals surface area contributed by atoms with Crippen molar-refractivity contribution in [3.8, 4) is 0 Å². The number of amides is 3. The number of anilines is 1. The van der Waals surface area contributed by atoms with Gasteiger partial charge in [-0.15, -0.1) is 0 Å². The summed E-state index contributed by atoms with van der Waals surface area (Å²) in [6.07, 6.45) is 5.19. The van der Waals surface area contributed by atoms with Crippen LogP contribution < -0.4 is 5.32 Å². The Bertz CT molecular complexity index is 961. The molecule has 4 atom stereocenters. The number of likely N-dealkylation sites (tertiary alicyclic amines) is 1. The second-order valence-electron chi connectivity index (χ2n) is 7.65. The minimum Gasteiger partial charge on any atom is -0.325 e. The Hall–Kier alpha value is -2.95. The van der Waals surface area contributed by atoms with E-state index in [4.69, 9.17) is 0 Å². The molecule has 0 spiro atoms. The van der Waals surface area contributed by atoms with Crippen molar-refractivity contribution < 1.29 is 14.4 Å². The van der Waals surface area contributed by atoms with Crippen molar-refractivity contribution in [3.63, 3.8) is 0 Å². The summed E-state index contributed by atoms with van der Waals surface area (Å²) in [7, 11) is 0. The van der Waals surface area contributed by atoms with Crippen molar-refractivity contribution in [2.45, 2.75) is 12.8 Å². The zero-order chi connectivity index (χ0) is 18.5. The normalized spacial score (nSPS) is 28.2. The lowest BCUT2D eigenvalue weighted by molar-refractivity contribution is -0.140. The molecule has 0 radical (unpaired) electrons. The van der Waals surface area contributed by atoms with E-state index in [1.807, 2.05) is 42.5 Å². The first-order chi connectivity index (χ1) is 13.1. The van der Waals surface area contributed by atoms with Crippen LogP contribution in [0.5, 0.6) is 0 Å². The highest BCUT2D eigenvalue weighted by Gasteiger charge is 2.58. The summed E-state index contributed by atoms with van der Waals surface area (Å²) in [6.45, 7) is 0.153. The van der Waals surface area contributed by atoms with Crippen molar-refractivity contribution in [2.24, 2.45) is 23.7 Å². The van der Waals surface area contributed by atoms with Gasteiger partial charge < -0.3 is 5.32 Å². The molecule has 27 heavy (non-hydrogen) atoms. The molecule has 3 aliphatic rings. The number of nitrogens with zero attached hydrogens (tertiary/aromatic N) is 1. The second-order valence-corrected chi connectivity index (χ2v) is 7.65. The van der Waals surface area contributed by atoms with Crippen molar-refractivity contribution in [1.29, 1.82) is 0 Å². The standard InChI is InChI=1S/C22H20N2O3/c25-18(23-17-7-3-5-13-4-1-2-6-16(13)17)10-11-24-21(26)19-14-8-9-15(12-14)20(19)22(24)27/h1-9,14-15,19-20H,10-12H2,(H,23,25)/t14-,15-,19+,20+/m1/s1. The van der Waals surface area contributed by atoms with Crippen LogP contribution in [0.15, 0.2) is 54.6 Å². The van der Waals surface area contributed by atoms with Gasteiger partial charge in [0.2, 0.25) is 17.7 Å². The number of carbonyl (C=O) groups excluding carboxylic acids is 3. The quantitative estimate of drug-likeness (QED) is 0.673. The molecule has 5 rings (SSSR count). The van der Waals surface area contributed by atoms with Gasteiger partial charge in [0, 0.05) is 24.0 Å². The highest BCUT2D eigenvalue weighted by molar-refractivity contribution is 6.07. The maximum atomic E-state index is 12.7. The van der Waals surface area contributed by atoms with Crippen LogP contribution in [0.2, 0.25) is 0 Å². The molecule has 1 saturated heterocycles. The summed E-state index contributed by atoms with van der Waals surface area (Å²) in [6, 6.07) is 13.6. The molecule has 2 aliphatic carbocycles. The fraction of sp³-hybridized carbons (Fsp3) is 0.318. The highest BCUT2D eigenvalue weighted by Crippen LogP contribution is 2.52. The second kappa shape index (κ2) is 6.05. The molecule has 1 aliphatic heterocycles. The van der Waals surface area contributed by atoms with E-state index in [0.29, 0.717) is 0 Å². The lowest BCUT2D eigenvalue weighted by Crippen LogP contribution is -2.35. The van der Waals surface area contributed by atoms with Gasteiger partial charge in [-0.1, -0.05) is 48.6 Å². The number of nitrogens with one attached hydrogen (secondary N) is 1. The van der Waals surface area contributed by atoms with E-state index in [-0.39, 0.29) is 54.4 Å². The predicted molar refractivity (Wildman–Crippen MR) is 102 cm³/mol. The first kappa shape index (κ1) is 16.2. The average Bonchev–Trinajstić information content (AvgIpc) is 3.35. The van der Waals surface area contributed by atoms with Gasteiger partial charge in [0.25, 0.3) is 0 Å². The summed E-state index contributed by atoms with van der Waals surface area (Å²) in [5.41, 5.74) is 0.747. The van der Waals surface area contributed by atoms with E-state index in [2.05, 4.69) is 17.5 Å². The van der Waals surface area contributed by atoms with Gasteiger partial charge >= 0.3 is 0 Å². The predicted octanol–water partition coefficient (Wildman–Crippen LogP) is 2.98. The smallest absolute Gasteiger partial charge is 0.233 e. The zero-order valence-corrected chi connectivity index (χ0v) is 14.8. The van der Waals surface area contributed by atoms with Crippen LogP contribution in [0.3, 0.4) is 0 Å². The topological polar surface area (TPSA) is 66.5 Å². The van der Waals surface area contributed by atoms with Crippen molar-refractivity contribution in [1.82, 2.24) is 4.90 Å². The number of imide groups is 1. The third-order valence-corrected chi connectivity index (χ3v) is 6.19. The molecular formula is C22H20N2O3. The number of benzene rings is 2. The molecule has 1 heterocycles. The van der Waals surface area contributed by atoms with Gasteiger partial charge in [-0.2, -0.15) is 0 Å². The SMILES string of the molecule is O=C(CCN1C(=O)[C@@H]2[C@@H](C1=O)[C@@H]1C=C[C@@H]2C1)Nc1cccc2ccccc12. The van der Waals surface area contributed by atoms with Crippen LogP contribution in [0.1, 0.15) is 12.8 Å². The molecule has 2 fully saturated rings. The molecule has 1 N–H and O–H groups in total. The summed E-state index contributed by atoms with van der Waals surface area (Å²) < 4.78 is 0. The summed E-state index contributed by atoms with van der Waals surface area (Å²) in [4.78, 5) is 39.1.